The summed E-state index contributed by atoms with van der Waals surface area (Å²) < 4.78 is 0. The highest BCUT2D eigenvalue weighted by Crippen LogP contribution is 2.30. The largest absolute Gasteiger partial charge is 0.508 e. The summed E-state index contributed by atoms with van der Waals surface area (Å²) in [6.45, 7) is 0.569. The van der Waals surface area contributed by atoms with Crippen LogP contribution in [0.3, 0.4) is 0 Å². The van der Waals surface area contributed by atoms with Gasteiger partial charge in [0.2, 0.25) is 0 Å². The molecule has 108 valence electrons. The maximum absolute atomic E-state index is 12.6. The van der Waals surface area contributed by atoms with Gasteiger partial charge in [0, 0.05) is 23.8 Å². The van der Waals surface area contributed by atoms with Gasteiger partial charge in [-0.25, -0.2) is 0 Å². The maximum Gasteiger partial charge on any atom is 0.254 e. The van der Waals surface area contributed by atoms with Crippen LogP contribution in [0.25, 0.3) is 0 Å². The molecule has 0 unspecified atom stereocenters. The highest BCUT2D eigenvalue weighted by molar-refractivity contribution is 5.95. The highest BCUT2D eigenvalue weighted by atomic mass is 16.3. The Hall–Kier alpha value is -2.49. The van der Waals surface area contributed by atoms with Crippen molar-refractivity contribution in [3.8, 4) is 5.75 Å². The topological polar surface area (TPSA) is 66.6 Å². The first-order valence-electron chi connectivity index (χ1n) is 7.08. The molecule has 1 saturated carbocycles. The van der Waals surface area contributed by atoms with E-state index in [9.17, 15) is 9.90 Å². The van der Waals surface area contributed by atoms with Crippen molar-refractivity contribution in [2.24, 2.45) is 0 Å². The van der Waals surface area contributed by atoms with Gasteiger partial charge in [-0.05, 0) is 48.7 Å². The second kappa shape index (κ2) is 5.48. The van der Waals surface area contributed by atoms with E-state index >= 15 is 0 Å². The van der Waals surface area contributed by atoms with Crippen molar-refractivity contribution in [1.82, 2.24) is 4.90 Å². The standard InChI is InChI=1S/C17H18N2O2/c18-14-6-4-12(5-7-14)11-19(15-8-9-15)17(21)13-2-1-3-16(20)10-13/h1-7,10,15,20H,8-9,11,18H2. The number of nitrogen functional groups attached to an aromatic ring is 1. The van der Waals surface area contributed by atoms with Gasteiger partial charge in [-0.1, -0.05) is 18.2 Å². The maximum atomic E-state index is 12.6. The summed E-state index contributed by atoms with van der Waals surface area (Å²) in [6.07, 6.45) is 2.08. The molecule has 0 atom stereocenters. The third kappa shape index (κ3) is 3.16. The van der Waals surface area contributed by atoms with E-state index in [-0.39, 0.29) is 11.7 Å². The Bertz CT molecular complexity index is 648. The van der Waals surface area contributed by atoms with E-state index in [0.717, 1.165) is 24.1 Å². The monoisotopic (exact) mass is 282 g/mol. The average Bonchev–Trinajstić information content (AvgIpc) is 3.30. The molecule has 0 heterocycles. The normalized spacial score (nSPS) is 13.9. The number of rotatable bonds is 4. The number of hydrogen-bond donors (Lipinski definition) is 2. The van der Waals surface area contributed by atoms with Gasteiger partial charge < -0.3 is 15.7 Å². The minimum atomic E-state index is -0.0368. The number of carbonyl (C=O) groups is 1. The molecule has 0 aromatic heterocycles. The number of phenolic OH excluding ortho intramolecular Hbond substituents is 1. The summed E-state index contributed by atoms with van der Waals surface area (Å²) in [4.78, 5) is 14.5. The fraction of sp³-hybridized carbons (Fsp3) is 0.235. The summed E-state index contributed by atoms with van der Waals surface area (Å²) in [6, 6.07) is 14.4. The number of amides is 1. The van der Waals surface area contributed by atoms with E-state index in [0.29, 0.717) is 18.2 Å². The first-order chi connectivity index (χ1) is 10.1. The molecule has 0 aliphatic heterocycles. The van der Waals surface area contributed by atoms with Crippen molar-refractivity contribution in [2.45, 2.75) is 25.4 Å². The molecule has 21 heavy (non-hydrogen) atoms. The molecule has 0 saturated heterocycles. The molecule has 1 aliphatic carbocycles. The summed E-state index contributed by atoms with van der Waals surface area (Å²) in [7, 11) is 0. The molecule has 0 bridgehead atoms. The van der Waals surface area contributed by atoms with E-state index in [1.165, 1.54) is 6.07 Å². The average molecular weight is 282 g/mol. The fourth-order valence-corrected chi connectivity index (χ4v) is 2.38. The second-order valence-electron chi connectivity index (χ2n) is 5.46. The van der Waals surface area contributed by atoms with Crippen LogP contribution in [0, 0.1) is 0 Å². The lowest BCUT2D eigenvalue weighted by atomic mass is 10.1. The number of aromatic hydroxyl groups is 1. The minimum absolute atomic E-state index is 0.0368. The zero-order chi connectivity index (χ0) is 14.8. The van der Waals surface area contributed by atoms with Crippen LogP contribution in [0.15, 0.2) is 48.5 Å². The predicted molar refractivity (Wildman–Crippen MR) is 81.9 cm³/mol. The minimum Gasteiger partial charge on any atom is -0.508 e. The van der Waals surface area contributed by atoms with Gasteiger partial charge in [-0.3, -0.25) is 4.79 Å². The Morgan fingerprint density at radius 1 is 1.19 bits per heavy atom. The molecule has 3 N–H and O–H groups in total. The lowest BCUT2D eigenvalue weighted by molar-refractivity contribution is 0.0729. The molecule has 1 fully saturated rings. The molecule has 0 radical (unpaired) electrons. The van der Waals surface area contributed by atoms with Crippen molar-refractivity contribution < 1.29 is 9.90 Å². The first kappa shape index (κ1) is 13.5. The lowest BCUT2D eigenvalue weighted by Crippen LogP contribution is -2.32. The van der Waals surface area contributed by atoms with E-state index in [2.05, 4.69) is 0 Å². The molecule has 3 rings (SSSR count). The fourth-order valence-electron chi connectivity index (χ4n) is 2.38. The smallest absolute Gasteiger partial charge is 0.254 e. The quantitative estimate of drug-likeness (QED) is 0.847. The summed E-state index contributed by atoms with van der Waals surface area (Å²) >= 11 is 0. The zero-order valence-electron chi connectivity index (χ0n) is 11.7. The highest BCUT2D eigenvalue weighted by Gasteiger charge is 2.33. The van der Waals surface area contributed by atoms with E-state index in [1.54, 1.807) is 18.2 Å². The SMILES string of the molecule is Nc1ccc(CN(C(=O)c2cccc(O)c2)C2CC2)cc1. The molecule has 2 aromatic carbocycles. The van der Waals surface area contributed by atoms with Crippen molar-refractivity contribution >= 4 is 11.6 Å². The van der Waals surface area contributed by atoms with Gasteiger partial charge in [0.15, 0.2) is 0 Å². The Balaban J connectivity index is 1.81. The third-order valence-electron chi connectivity index (χ3n) is 3.67. The van der Waals surface area contributed by atoms with Crippen LogP contribution in [0.4, 0.5) is 5.69 Å². The molecule has 4 nitrogen and oxygen atoms in total. The van der Waals surface area contributed by atoms with Crippen LogP contribution in [0.1, 0.15) is 28.8 Å². The summed E-state index contributed by atoms with van der Waals surface area (Å²) in [5, 5.41) is 9.53. The molecule has 4 heteroatoms. The zero-order valence-corrected chi connectivity index (χ0v) is 11.7. The van der Waals surface area contributed by atoms with Gasteiger partial charge in [0.1, 0.15) is 5.75 Å². The number of phenols is 1. The Kier molecular flexibility index (Phi) is 3.52. The molecular weight excluding hydrogens is 264 g/mol. The Morgan fingerprint density at radius 3 is 2.52 bits per heavy atom. The van der Waals surface area contributed by atoms with E-state index in [4.69, 9.17) is 5.73 Å². The Labute approximate surface area is 123 Å². The molecule has 2 aromatic rings. The second-order valence-corrected chi connectivity index (χ2v) is 5.46. The summed E-state index contributed by atoms with van der Waals surface area (Å²) in [5.41, 5.74) is 7.99. The number of anilines is 1. The van der Waals surface area contributed by atoms with Crippen LogP contribution in [-0.2, 0) is 6.54 Å². The van der Waals surface area contributed by atoms with Crippen molar-refractivity contribution in [1.29, 1.82) is 0 Å². The van der Waals surface area contributed by atoms with Gasteiger partial charge in [-0.2, -0.15) is 0 Å². The molecule has 1 aliphatic rings. The molecular formula is C17H18N2O2. The van der Waals surface area contributed by atoms with E-state index < -0.39 is 0 Å². The Morgan fingerprint density at radius 2 is 1.90 bits per heavy atom. The van der Waals surface area contributed by atoms with Crippen molar-refractivity contribution in [2.75, 3.05) is 5.73 Å². The molecule has 0 spiro atoms. The van der Waals surface area contributed by atoms with Crippen molar-refractivity contribution in [3.05, 3.63) is 59.7 Å². The number of hydrogen-bond acceptors (Lipinski definition) is 3. The van der Waals surface area contributed by atoms with Crippen molar-refractivity contribution in [3.63, 3.8) is 0 Å². The number of nitrogens with two attached hydrogens (primary N) is 1. The summed E-state index contributed by atoms with van der Waals surface area (Å²) in [5.74, 6) is 0.0781. The van der Waals surface area contributed by atoms with Gasteiger partial charge >= 0.3 is 0 Å². The molecule has 1 amide bonds. The predicted octanol–water partition coefficient (Wildman–Crippen LogP) is 2.78. The number of carbonyl (C=O) groups excluding carboxylic acids is 1. The van der Waals surface area contributed by atoms with Crippen LogP contribution >= 0.6 is 0 Å². The lowest BCUT2D eigenvalue weighted by Gasteiger charge is -2.23. The van der Waals surface area contributed by atoms with Gasteiger partial charge in [0.05, 0.1) is 0 Å². The van der Waals surface area contributed by atoms with Crippen LogP contribution in [0.2, 0.25) is 0 Å². The number of nitrogens with zero attached hydrogens (tertiary/aromatic N) is 1. The third-order valence-corrected chi connectivity index (χ3v) is 3.67. The van der Waals surface area contributed by atoms with E-state index in [1.807, 2.05) is 29.2 Å². The van der Waals surface area contributed by atoms with Gasteiger partial charge in [0.25, 0.3) is 5.91 Å². The first-order valence-corrected chi connectivity index (χ1v) is 7.08. The van der Waals surface area contributed by atoms with Crippen LogP contribution in [-0.4, -0.2) is 22.0 Å². The van der Waals surface area contributed by atoms with Gasteiger partial charge in [-0.15, -0.1) is 0 Å². The van der Waals surface area contributed by atoms with Crippen LogP contribution < -0.4 is 5.73 Å². The number of benzene rings is 2. The van der Waals surface area contributed by atoms with Crippen LogP contribution in [0.5, 0.6) is 5.75 Å².